The molecule has 3 radical (unpaired) electrons. The van der Waals surface area contributed by atoms with Gasteiger partial charge >= 0.3 is 0 Å². The quantitative estimate of drug-likeness (QED) is 0.483. The zero-order chi connectivity index (χ0) is 6.69. The highest BCUT2D eigenvalue weighted by molar-refractivity contribution is 6.44. The lowest BCUT2D eigenvalue weighted by atomic mass is 9.71. The van der Waals surface area contributed by atoms with Crippen molar-refractivity contribution < 1.29 is 0 Å². The summed E-state index contributed by atoms with van der Waals surface area (Å²) < 4.78 is 0. The van der Waals surface area contributed by atoms with E-state index in [0.717, 1.165) is 0 Å². The molecule has 43 valence electrons. The maximum atomic E-state index is 5.50. The average Bonchev–Trinajstić information content (AvgIpc) is 1.90. The lowest BCUT2D eigenvalue weighted by Gasteiger charge is -2.13. The Bertz CT molecular complexity index is 151. The Hall–Kier alpha value is -0.590. The minimum absolute atomic E-state index is 0.00583. The molecule has 1 unspecified atom stereocenters. The topological polar surface area (TPSA) is 12.0 Å². The van der Waals surface area contributed by atoms with E-state index in [4.69, 9.17) is 7.85 Å². The SMILES string of the molecule is [B]C1C=CC([B]C)=CN1. The standard InChI is InChI=1S/C6H8B2N/c1-8-5-2-3-6(7)9-4-5/h2-4,6,9H,1H3. The van der Waals surface area contributed by atoms with Crippen LogP contribution in [0.3, 0.4) is 0 Å². The molecule has 0 spiro atoms. The van der Waals surface area contributed by atoms with Crippen molar-refractivity contribution >= 4 is 15.1 Å². The molecular formula is C6H8B2N. The Balaban J connectivity index is 2.52. The van der Waals surface area contributed by atoms with Crippen LogP contribution >= 0.6 is 0 Å². The minimum atomic E-state index is -0.00583. The molecule has 0 aliphatic carbocycles. The van der Waals surface area contributed by atoms with Crippen molar-refractivity contribution in [2.45, 2.75) is 12.8 Å². The lowest BCUT2D eigenvalue weighted by Crippen LogP contribution is -2.25. The van der Waals surface area contributed by atoms with Gasteiger partial charge in [0.2, 0.25) is 0 Å². The van der Waals surface area contributed by atoms with Gasteiger partial charge in [-0.2, -0.15) is 0 Å². The van der Waals surface area contributed by atoms with Crippen LogP contribution in [0.25, 0.3) is 0 Å². The Morgan fingerprint density at radius 2 is 2.56 bits per heavy atom. The molecule has 1 heterocycles. The molecule has 0 saturated heterocycles. The van der Waals surface area contributed by atoms with Crippen LogP contribution in [0.2, 0.25) is 6.82 Å². The van der Waals surface area contributed by atoms with Gasteiger partial charge in [-0.3, -0.25) is 0 Å². The van der Waals surface area contributed by atoms with Crippen LogP contribution in [0.15, 0.2) is 23.8 Å². The molecule has 0 bridgehead atoms. The van der Waals surface area contributed by atoms with Gasteiger partial charge in [0, 0.05) is 5.94 Å². The van der Waals surface area contributed by atoms with Gasteiger partial charge in [0.25, 0.3) is 0 Å². The largest absolute Gasteiger partial charge is 0.394 e. The maximum Gasteiger partial charge on any atom is 0.150 e. The second-order valence-corrected chi connectivity index (χ2v) is 1.98. The third-order valence-corrected chi connectivity index (χ3v) is 1.27. The van der Waals surface area contributed by atoms with Crippen LogP contribution in [0.4, 0.5) is 0 Å². The van der Waals surface area contributed by atoms with E-state index >= 15 is 0 Å². The molecular weight excluding hydrogens is 108 g/mol. The second kappa shape index (κ2) is 2.81. The Morgan fingerprint density at radius 1 is 1.78 bits per heavy atom. The van der Waals surface area contributed by atoms with E-state index in [1.165, 1.54) is 5.47 Å². The molecule has 0 saturated carbocycles. The van der Waals surface area contributed by atoms with Crippen molar-refractivity contribution in [3.05, 3.63) is 23.8 Å². The fraction of sp³-hybridized carbons (Fsp3) is 0.333. The first-order chi connectivity index (χ1) is 4.33. The average molecular weight is 116 g/mol. The van der Waals surface area contributed by atoms with E-state index in [-0.39, 0.29) is 5.94 Å². The lowest BCUT2D eigenvalue weighted by molar-refractivity contribution is 0.897. The van der Waals surface area contributed by atoms with E-state index in [1.807, 2.05) is 32.5 Å². The van der Waals surface area contributed by atoms with Gasteiger partial charge in [0.05, 0.1) is 0 Å². The number of rotatable bonds is 1. The first-order valence-electron chi connectivity index (χ1n) is 3.02. The summed E-state index contributed by atoms with van der Waals surface area (Å²) in [5.41, 5.74) is 1.18. The summed E-state index contributed by atoms with van der Waals surface area (Å²) in [5.74, 6) is -0.00583. The van der Waals surface area contributed by atoms with Crippen molar-refractivity contribution in [3.8, 4) is 0 Å². The van der Waals surface area contributed by atoms with Crippen LogP contribution < -0.4 is 5.32 Å². The fourth-order valence-corrected chi connectivity index (χ4v) is 0.690. The van der Waals surface area contributed by atoms with Crippen molar-refractivity contribution in [2.75, 3.05) is 0 Å². The van der Waals surface area contributed by atoms with Crippen molar-refractivity contribution in [2.24, 2.45) is 0 Å². The minimum Gasteiger partial charge on any atom is -0.394 e. The third-order valence-electron chi connectivity index (χ3n) is 1.27. The van der Waals surface area contributed by atoms with E-state index < -0.39 is 0 Å². The summed E-state index contributed by atoms with van der Waals surface area (Å²) in [6, 6.07) is 0. The second-order valence-electron chi connectivity index (χ2n) is 1.98. The number of dihydropyridines is 1. The fourth-order valence-electron chi connectivity index (χ4n) is 0.690. The molecule has 9 heavy (non-hydrogen) atoms. The highest BCUT2D eigenvalue weighted by atomic mass is 14.9. The summed E-state index contributed by atoms with van der Waals surface area (Å²) >= 11 is 0. The van der Waals surface area contributed by atoms with Crippen molar-refractivity contribution in [1.82, 2.24) is 5.32 Å². The monoisotopic (exact) mass is 116 g/mol. The third kappa shape index (κ3) is 1.67. The first kappa shape index (κ1) is 6.53. The maximum absolute atomic E-state index is 5.50. The van der Waals surface area contributed by atoms with Crippen LogP contribution in [0, 0.1) is 0 Å². The Morgan fingerprint density at radius 3 is 3.00 bits per heavy atom. The predicted octanol–water partition coefficient (Wildman–Crippen LogP) is 0.234. The predicted molar refractivity (Wildman–Crippen MR) is 41.5 cm³/mol. The molecule has 1 nitrogen and oxygen atoms in total. The molecule has 0 aromatic heterocycles. The Labute approximate surface area is 57.9 Å². The van der Waals surface area contributed by atoms with Crippen LogP contribution in [0.5, 0.6) is 0 Å². The van der Waals surface area contributed by atoms with Gasteiger partial charge in [0.15, 0.2) is 0 Å². The number of hydrogen-bond donors (Lipinski definition) is 1. The van der Waals surface area contributed by atoms with E-state index in [9.17, 15) is 0 Å². The van der Waals surface area contributed by atoms with Gasteiger partial charge in [-0.05, 0) is 6.20 Å². The van der Waals surface area contributed by atoms with Gasteiger partial charge < -0.3 is 5.32 Å². The molecule has 1 aliphatic heterocycles. The zero-order valence-electron chi connectivity index (χ0n) is 5.46. The number of allylic oxidation sites excluding steroid dienone is 2. The van der Waals surface area contributed by atoms with Crippen molar-refractivity contribution in [1.29, 1.82) is 0 Å². The van der Waals surface area contributed by atoms with E-state index in [1.54, 1.807) is 0 Å². The molecule has 0 aromatic carbocycles. The number of hydrogen-bond acceptors (Lipinski definition) is 1. The van der Waals surface area contributed by atoms with Gasteiger partial charge in [0.1, 0.15) is 15.1 Å². The number of nitrogens with one attached hydrogen (secondary N) is 1. The first-order valence-corrected chi connectivity index (χ1v) is 3.02. The summed E-state index contributed by atoms with van der Waals surface area (Å²) in [7, 11) is 7.52. The molecule has 0 fully saturated rings. The van der Waals surface area contributed by atoms with Gasteiger partial charge in [-0.1, -0.05) is 24.4 Å². The molecule has 1 N–H and O–H groups in total. The molecule has 3 heteroatoms. The molecule has 0 amide bonds. The molecule has 0 aromatic rings. The highest BCUT2D eigenvalue weighted by Crippen LogP contribution is 1.99. The van der Waals surface area contributed by atoms with Crippen LogP contribution in [0.1, 0.15) is 0 Å². The highest BCUT2D eigenvalue weighted by Gasteiger charge is 1.98. The Kier molecular flexibility index (Phi) is 2.04. The van der Waals surface area contributed by atoms with E-state index in [2.05, 4.69) is 5.32 Å². The van der Waals surface area contributed by atoms with Crippen molar-refractivity contribution in [3.63, 3.8) is 0 Å². The summed E-state index contributed by atoms with van der Waals surface area (Å²) in [6.07, 6.45) is 5.83. The molecule has 1 atom stereocenters. The van der Waals surface area contributed by atoms with Crippen LogP contribution in [-0.2, 0) is 0 Å². The molecule has 1 aliphatic rings. The zero-order valence-corrected chi connectivity index (χ0v) is 5.46. The molecule has 1 rings (SSSR count). The summed E-state index contributed by atoms with van der Waals surface area (Å²) in [4.78, 5) is 0. The van der Waals surface area contributed by atoms with Crippen LogP contribution in [-0.4, -0.2) is 21.1 Å². The summed E-state index contributed by atoms with van der Waals surface area (Å²) in [6.45, 7) is 1.99. The summed E-state index contributed by atoms with van der Waals surface area (Å²) in [5, 5.41) is 2.98. The van der Waals surface area contributed by atoms with Gasteiger partial charge in [-0.25, -0.2) is 0 Å². The smallest absolute Gasteiger partial charge is 0.150 e. The normalized spacial score (nSPS) is 24.6. The van der Waals surface area contributed by atoms with E-state index in [0.29, 0.717) is 0 Å². The van der Waals surface area contributed by atoms with Gasteiger partial charge in [-0.15, -0.1) is 0 Å².